The summed E-state index contributed by atoms with van der Waals surface area (Å²) in [6.45, 7) is -3.34. The number of nitrogens with zero attached hydrogens (tertiary/aromatic N) is 5. The molecule has 0 spiro atoms. The Kier molecular flexibility index (Phi) is 7.40. The lowest BCUT2D eigenvalue weighted by Crippen LogP contribution is -2.42. The van der Waals surface area contributed by atoms with Gasteiger partial charge in [0.15, 0.2) is 0 Å². The predicted molar refractivity (Wildman–Crippen MR) is 117 cm³/mol. The van der Waals surface area contributed by atoms with E-state index in [-0.39, 0.29) is 24.3 Å². The van der Waals surface area contributed by atoms with Crippen LogP contribution < -0.4 is 10.1 Å². The highest BCUT2D eigenvalue weighted by Crippen LogP contribution is 2.31. The Balaban J connectivity index is 1.44. The number of carbonyl (C=O) groups is 2. The summed E-state index contributed by atoms with van der Waals surface area (Å²) in [7, 11) is 0. The average molecular weight is 512 g/mol. The molecule has 0 radical (unpaired) electrons. The molecule has 2 amide bonds. The van der Waals surface area contributed by atoms with Crippen molar-refractivity contribution in [3.05, 3.63) is 41.3 Å². The van der Waals surface area contributed by atoms with Crippen LogP contribution in [0.1, 0.15) is 35.7 Å². The molecular formula is C22H24F4N6O4. The molecule has 0 aliphatic carbocycles. The van der Waals surface area contributed by atoms with E-state index in [0.717, 1.165) is 47.1 Å². The summed E-state index contributed by atoms with van der Waals surface area (Å²) in [6.07, 6.45) is 2.69. The van der Waals surface area contributed by atoms with Crippen molar-refractivity contribution < 1.29 is 37.0 Å². The predicted octanol–water partition coefficient (Wildman–Crippen LogP) is 2.96. The zero-order valence-corrected chi connectivity index (χ0v) is 19.0. The highest BCUT2D eigenvalue weighted by Gasteiger charge is 2.41. The first-order chi connectivity index (χ1) is 17.1. The number of amides is 2. The Morgan fingerprint density at radius 1 is 1.22 bits per heavy atom. The maximum Gasteiger partial charge on any atom is 0.389 e. The maximum atomic E-state index is 14.9. The van der Waals surface area contributed by atoms with E-state index in [1.807, 2.05) is 0 Å². The van der Waals surface area contributed by atoms with Crippen molar-refractivity contribution in [3.8, 4) is 6.01 Å². The Morgan fingerprint density at radius 3 is 2.67 bits per heavy atom. The average Bonchev–Trinajstić information content (AvgIpc) is 3.16. The van der Waals surface area contributed by atoms with Crippen molar-refractivity contribution >= 4 is 17.8 Å². The molecule has 0 bridgehead atoms. The quantitative estimate of drug-likeness (QED) is 0.467. The number of carboxylic acids is 1. The van der Waals surface area contributed by atoms with Gasteiger partial charge in [-0.1, -0.05) is 6.07 Å². The summed E-state index contributed by atoms with van der Waals surface area (Å²) in [5.74, 6) is -3.93. The van der Waals surface area contributed by atoms with Crippen molar-refractivity contribution in [1.29, 1.82) is 0 Å². The van der Waals surface area contributed by atoms with E-state index in [1.165, 1.54) is 0 Å². The topological polar surface area (TPSA) is 121 Å². The minimum atomic E-state index is -3.28. The molecular weight excluding hydrogens is 488 g/mol. The number of carbonyl (C=O) groups excluding carboxylic acids is 1. The third-order valence-electron chi connectivity index (χ3n) is 5.91. The number of pyridine rings is 1. The second-order valence-corrected chi connectivity index (χ2v) is 8.56. The molecule has 2 aliphatic heterocycles. The lowest BCUT2D eigenvalue weighted by molar-refractivity contribution is -0.138. The minimum Gasteiger partial charge on any atom is -0.481 e. The number of hydrogen-bond acceptors (Lipinski definition) is 7. The van der Waals surface area contributed by atoms with Gasteiger partial charge in [-0.2, -0.15) is 8.78 Å². The van der Waals surface area contributed by atoms with Gasteiger partial charge in [0.2, 0.25) is 0 Å². The second-order valence-electron chi connectivity index (χ2n) is 8.56. The van der Waals surface area contributed by atoms with Crippen LogP contribution in [0.5, 0.6) is 6.01 Å². The molecule has 36 heavy (non-hydrogen) atoms. The van der Waals surface area contributed by atoms with Crippen molar-refractivity contribution in [2.45, 2.75) is 44.3 Å². The number of alkyl halides is 4. The fourth-order valence-corrected chi connectivity index (χ4v) is 4.32. The van der Waals surface area contributed by atoms with Gasteiger partial charge in [0, 0.05) is 43.3 Å². The van der Waals surface area contributed by atoms with E-state index < -0.39 is 56.0 Å². The first kappa shape index (κ1) is 25.4. The Hall–Kier alpha value is -3.71. The maximum absolute atomic E-state index is 14.9. The second kappa shape index (κ2) is 10.5. The molecule has 2 aromatic heterocycles. The first-order valence-corrected chi connectivity index (χ1v) is 11.3. The summed E-state index contributed by atoms with van der Waals surface area (Å²) >= 11 is 0. The van der Waals surface area contributed by atoms with Gasteiger partial charge in [-0.05, 0) is 24.5 Å². The van der Waals surface area contributed by atoms with Crippen molar-refractivity contribution in [2.75, 3.05) is 31.5 Å². The number of fused-ring (bicyclic) bond motifs is 1. The normalized spacial score (nSPS) is 16.6. The number of halogens is 4. The van der Waals surface area contributed by atoms with Crippen LogP contribution >= 0.6 is 0 Å². The van der Waals surface area contributed by atoms with Crippen LogP contribution in [0.2, 0.25) is 0 Å². The number of ether oxygens (including phenoxy) is 1. The van der Waals surface area contributed by atoms with Gasteiger partial charge in [-0.15, -0.1) is 0 Å². The summed E-state index contributed by atoms with van der Waals surface area (Å²) in [6, 6.07) is 0.861. The summed E-state index contributed by atoms with van der Waals surface area (Å²) < 4.78 is 58.6. The zero-order valence-electron chi connectivity index (χ0n) is 19.0. The fraction of sp³-hybridized carbons (Fsp3) is 0.500. The number of carboxylic acid groups (broad SMARTS) is 1. The SMILES string of the molecule is O=C(O)C[C@@H](c1cnc(OC(F)F)nc1)N1CCN(CC(F)(F)Cc2ccc3c(n2)NCCC3)C1=O. The van der Waals surface area contributed by atoms with E-state index in [9.17, 15) is 32.3 Å². The number of rotatable bonds is 10. The zero-order chi connectivity index (χ0) is 25.9. The van der Waals surface area contributed by atoms with E-state index in [1.54, 1.807) is 12.1 Å². The lowest BCUT2D eigenvalue weighted by atomic mass is 10.1. The van der Waals surface area contributed by atoms with Crippen LogP contribution in [0.3, 0.4) is 0 Å². The summed E-state index contributed by atoms with van der Waals surface area (Å²) in [4.78, 5) is 38.0. The fourth-order valence-electron chi connectivity index (χ4n) is 4.32. The van der Waals surface area contributed by atoms with E-state index in [0.29, 0.717) is 5.82 Å². The molecule has 194 valence electrons. The third-order valence-corrected chi connectivity index (χ3v) is 5.91. The van der Waals surface area contributed by atoms with E-state index >= 15 is 0 Å². The van der Waals surface area contributed by atoms with Crippen molar-refractivity contribution in [1.82, 2.24) is 24.8 Å². The molecule has 0 aromatic carbocycles. The molecule has 1 fully saturated rings. The monoisotopic (exact) mass is 512 g/mol. The molecule has 4 heterocycles. The van der Waals surface area contributed by atoms with Crippen molar-refractivity contribution in [3.63, 3.8) is 0 Å². The number of aromatic nitrogens is 3. The van der Waals surface area contributed by atoms with Crippen LogP contribution in [0.25, 0.3) is 0 Å². The molecule has 0 saturated carbocycles. The standard InChI is InChI=1S/C22H24F4N6O4/c23-19(24)36-20-28-10-14(11-29-20)16(8-17(33)34)32-7-6-31(21(32)35)12-22(25,26)9-15-4-3-13-2-1-5-27-18(13)30-15/h3-4,10-11,16,19H,1-2,5-9,12H2,(H,27,30)(H,33,34)/t16-/m0/s1. The third kappa shape index (κ3) is 6.10. The van der Waals surface area contributed by atoms with Crippen LogP contribution in [0.15, 0.2) is 24.5 Å². The number of anilines is 1. The molecule has 0 unspecified atom stereocenters. The number of aryl methyl sites for hydroxylation is 1. The molecule has 10 nitrogen and oxygen atoms in total. The van der Waals surface area contributed by atoms with Crippen LogP contribution in [0, 0.1) is 0 Å². The van der Waals surface area contributed by atoms with Crippen LogP contribution in [-0.2, 0) is 17.6 Å². The van der Waals surface area contributed by atoms with Crippen LogP contribution in [-0.4, -0.2) is 80.6 Å². The van der Waals surface area contributed by atoms with E-state index in [2.05, 4.69) is 25.0 Å². The molecule has 2 aliphatic rings. The van der Waals surface area contributed by atoms with E-state index in [4.69, 9.17) is 0 Å². The van der Waals surface area contributed by atoms with Gasteiger partial charge in [0.05, 0.1) is 25.4 Å². The van der Waals surface area contributed by atoms with Gasteiger partial charge in [0.25, 0.3) is 5.92 Å². The Labute approximate surface area is 203 Å². The molecule has 1 atom stereocenters. The molecule has 2 aromatic rings. The van der Waals surface area contributed by atoms with Gasteiger partial charge in [-0.25, -0.2) is 28.5 Å². The highest BCUT2D eigenvalue weighted by molar-refractivity contribution is 5.78. The molecule has 4 rings (SSSR count). The Morgan fingerprint density at radius 2 is 1.97 bits per heavy atom. The van der Waals surface area contributed by atoms with Crippen LogP contribution in [0.4, 0.5) is 28.2 Å². The molecule has 14 heteroatoms. The Bertz CT molecular complexity index is 1100. The molecule has 1 saturated heterocycles. The largest absolute Gasteiger partial charge is 0.481 e. The number of urea groups is 1. The number of hydrogen-bond donors (Lipinski definition) is 2. The molecule has 2 N–H and O–H groups in total. The first-order valence-electron chi connectivity index (χ1n) is 11.3. The van der Waals surface area contributed by atoms with Gasteiger partial charge >= 0.3 is 24.6 Å². The number of aliphatic carboxylic acids is 1. The van der Waals surface area contributed by atoms with Gasteiger partial charge in [-0.3, -0.25) is 4.79 Å². The van der Waals surface area contributed by atoms with Gasteiger partial charge in [0.1, 0.15) is 5.82 Å². The van der Waals surface area contributed by atoms with Gasteiger partial charge < -0.3 is 25.0 Å². The summed E-state index contributed by atoms with van der Waals surface area (Å²) in [5, 5.41) is 12.4. The number of nitrogens with one attached hydrogen (secondary N) is 1. The highest BCUT2D eigenvalue weighted by atomic mass is 19.3. The minimum absolute atomic E-state index is 0.0108. The van der Waals surface area contributed by atoms with Crippen molar-refractivity contribution in [2.24, 2.45) is 0 Å². The smallest absolute Gasteiger partial charge is 0.389 e. The summed E-state index contributed by atoms with van der Waals surface area (Å²) in [5.41, 5.74) is 1.32. The lowest BCUT2D eigenvalue weighted by Gasteiger charge is -2.28.